The summed E-state index contributed by atoms with van der Waals surface area (Å²) < 4.78 is 39.2. The van der Waals surface area contributed by atoms with E-state index in [0.29, 0.717) is 6.54 Å². The molecule has 1 amide bonds. The van der Waals surface area contributed by atoms with Crippen molar-refractivity contribution in [3.63, 3.8) is 0 Å². The summed E-state index contributed by atoms with van der Waals surface area (Å²) in [6, 6.07) is 2.70. The minimum Gasteiger partial charge on any atom is -0.354 e. The molecule has 0 bridgehead atoms. The van der Waals surface area contributed by atoms with Crippen molar-refractivity contribution in [3.8, 4) is 0 Å². The van der Waals surface area contributed by atoms with E-state index in [1.807, 2.05) is 0 Å². The Kier molecular flexibility index (Phi) is 7.68. The number of sulfonamides is 1. The van der Waals surface area contributed by atoms with Crippen molar-refractivity contribution in [1.29, 1.82) is 0 Å². The highest BCUT2D eigenvalue weighted by molar-refractivity contribution is 7.92. The minimum absolute atomic E-state index is 0.167. The summed E-state index contributed by atoms with van der Waals surface area (Å²) in [7, 11) is -3.77. The van der Waals surface area contributed by atoms with Gasteiger partial charge >= 0.3 is 0 Å². The molecule has 0 radical (unpaired) electrons. The second-order valence-corrected chi connectivity index (χ2v) is 9.00. The number of nitrogens with zero attached hydrogens (tertiary/aromatic N) is 1. The minimum atomic E-state index is -3.77. The van der Waals surface area contributed by atoms with Crippen LogP contribution in [-0.4, -0.2) is 33.2 Å². The zero-order chi connectivity index (χ0) is 20.0. The van der Waals surface area contributed by atoms with Gasteiger partial charge in [-0.3, -0.25) is 9.10 Å². The molecule has 1 N–H and O–H groups in total. The van der Waals surface area contributed by atoms with Gasteiger partial charge < -0.3 is 5.32 Å². The molecule has 27 heavy (non-hydrogen) atoms. The maximum atomic E-state index is 13.5. The molecule has 2 rings (SSSR count). The summed E-state index contributed by atoms with van der Waals surface area (Å²) in [5.41, 5.74) is 1.50. The first-order valence-electron chi connectivity index (χ1n) is 9.14. The molecule has 0 fully saturated rings. The number of carbonyl (C=O) groups is 1. The van der Waals surface area contributed by atoms with Crippen LogP contribution in [0.4, 0.5) is 10.1 Å². The maximum Gasteiger partial charge on any atom is 0.243 e. The Bertz CT molecular complexity index is 811. The van der Waals surface area contributed by atoms with Crippen LogP contribution in [0.1, 0.15) is 45.4 Å². The van der Waals surface area contributed by atoms with E-state index in [0.717, 1.165) is 35.9 Å². The van der Waals surface area contributed by atoms with E-state index in [-0.39, 0.29) is 23.0 Å². The molecule has 0 aromatic heterocycles. The summed E-state index contributed by atoms with van der Waals surface area (Å²) in [5.74, 6) is -1.02. The fraction of sp³-hybridized carbons (Fsp3) is 0.526. The van der Waals surface area contributed by atoms with Gasteiger partial charge in [0.15, 0.2) is 0 Å². The highest BCUT2D eigenvalue weighted by Gasteiger charge is 2.31. The van der Waals surface area contributed by atoms with E-state index in [1.54, 1.807) is 6.92 Å². The van der Waals surface area contributed by atoms with Gasteiger partial charge in [0.25, 0.3) is 0 Å². The topological polar surface area (TPSA) is 66.5 Å². The molecule has 150 valence electrons. The van der Waals surface area contributed by atoms with E-state index in [4.69, 9.17) is 11.6 Å². The number of nitrogens with one attached hydrogen (secondary N) is 1. The molecule has 0 heterocycles. The van der Waals surface area contributed by atoms with Gasteiger partial charge in [0.1, 0.15) is 11.9 Å². The molecule has 1 aromatic rings. The number of rotatable bonds is 8. The van der Waals surface area contributed by atoms with E-state index in [1.165, 1.54) is 30.5 Å². The fourth-order valence-electron chi connectivity index (χ4n) is 3.28. The Labute approximate surface area is 165 Å². The highest BCUT2D eigenvalue weighted by atomic mass is 35.5. The number of hydrogen-bond donors (Lipinski definition) is 1. The molecule has 1 aliphatic carbocycles. The van der Waals surface area contributed by atoms with E-state index < -0.39 is 21.9 Å². The molecule has 1 atom stereocenters. The van der Waals surface area contributed by atoms with Crippen LogP contribution in [0.2, 0.25) is 5.02 Å². The van der Waals surface area contributed by atoms with Crippen LogP contribution in [0.3, 0.4) is 0 Å². The van der Waals surface area contributed by atoms with Crippen molar-refractivity contribution in [3.05, 3.63) is 40.7 Å². The number of anilines is 1. The van der Waals surface area contributed by atoms with Crippen molar-refractivity contribution in [2.75, 3.05) is 17.1 Å². The molecule has 0 aliphatic heterocycles. The Balaban J connectivity index is 2.15. The molecule has 0 saturated heterocycles. The standard InChI is InChI=1S/C19H26ClFN2O3S/c1-3-18(19(24)22-12-11-14-7-5-4-6-8-14)23(27(2,25)26)15-9-10-17(21)16(20)13-15/h7,9-10,13,18H,3-6,8,11-12H2,1-2H3,(H,22,24)/t18-/m1/s1. The molecule has 0 spiro atoms. The molecule has 0 unspecified atom stereocenters. The lowest BCUT2D eigenvalue weighted by molar-refractivity contribution is -0.122. The largest absolute Gasteiger partial charge is 0.354 e. The quantitative estimate of drug-likeness (QED) is 0.650. The van der Waals surface area contributed by atoms with Crippen LogP contribution in [0.5, 0.6) is 0 Å². The van der Waals surface area contributed by atoms with Crippen LogP contribution in [0.15, 0.2) is 29.8 Å². The van der Waals surface area contributed by atoms with Crippen molar-refractivity contribution >= 4 is 33.2 Å². The normalized spacial score (nSPS) is 15.8. The van der Waals surface area contributed by atoms with Gasteiger partial charge in [0.2, 0.25) is 15.9 Å². The summed E-state index contributed by atoms with van der Waals surface area (Å²) in [6.07, 6.45) is 8.79. The third kappa shape index (κ3) is 5.94. The highest BCUT2D eigenvalue weighted by Crippen LogP contribution is 2.27. The molecule has 5 nitrogen and oxygen atoms in total. The van der Waals surface area contributed by atoms with Gasteiger partial charge in [-0.15, -0.1) is 0 Å². The fourth-order valence-corrected chi connectivity index (χ4v) is 4.66. The van der Waals surface area contributed by atoms with Gasteiger partial charge in [0.05, 0.1) is 17.0 Å². The lowest BCUT2D eigenvalue weighted by Crippen LogP contribution is -2.49. The number of amides is 1. The zero-order valence-corrected chi connectivity index (χ0v) is 17.2. The second-order valence-electron chi connectivity index (χ2n) is 6.73. The van der Waals surface area contributed by atoms with Crippen molar-refractivity contribution < 1.29 is 17.6 Å². The first kappa shape index (κ1) is 21.7. The first-order chi connectivity index (χ1) is 12.7. The summed E-state index contributed by atoms with van der Waals surface area (Å²) >= 11 is 5.80. The second kappa shape index (κ2) is 9.55. The smallest absolute Gasteiger partial charge is 0.243 e. The predicted molar refractivity (Wildman–Crippen MR) is 107 cm³/mol. The van der Waals surface area contributed by atoms with Crippen LogP contribution in [0.25, 0.3) is 0 Å². The average molecular weight is 417 g/mol. The molecular formula is C19H26ClFN2O3S. The number of allylic oxidation sites excluding steroid dienone is 1. The van der Waals surface area contributed by atoms with E-state index in [2.05, 4.69) is 11.4 Å². The third-order valence-electron chi connectivity index (χ3n) is 4.62. The Morgan fingerprint density at radius 3 is 2.67 bits per heavy atom. The number of carbonyl (C=O) groups excluding carboxylic acids is 1. The SMILES string of the molecule is CC[C@H](C(=O)NCCC1=CCCCC1)N(c1ccc(F)c(Cl)c1)S(C)(=O)=O. The monoisotopic (exact) mass is 416 g/mol. The lowest BCUT2D eigenvalue weighted by atomic mass is 9.97. The Morgan fingerprint density at radius 2 is 2.11 bits per heavy atom. The molecule has 1 aliphatic rings. The van der Waals surface area contributed by atoms with Crippen molar-refractivity contribution in [1.82, 2.24) is 5.32 Å². The van der Waals surface area contributed by atoms with Gasteiger partial charge in [-0.25, -0.2) is 12.8 Å². The van der Waals surface area contributed by atoms with Gasteiger partial charge in [-0.1, -0.05) is 30.2 Å². The third-order valence-corrected chi connectivity index (χ3v) is 6.09. The van der Waals surface area contributed by atoms with Crippen molar-refractivity contribution in [2.24, 2.45) is 0 Å². The average Bonchev–Trinajstić information content (AvgIpc) is 2.62. The van der Waals surface area contributed by atoms with Crippen LogP contribution in [-0.2, 0) is 14.8 Å². The zero-order valence-electron chi connectivity index (χ0n) is 15.7. The Morgan fingerprint density at radius 1 is 1.37 bits per heavy atom. The van der Waals surface area contributed by atoms with Gasteiger partial charge in [0, 0.05) is 6.54 Å². The van der Waals surface area contributed by atoms with Crippen molar-refractivity contribution in [2.45, 2.75) is 51.5 Å². The Hall–Kier alpha value is -1.60. The molecule has 8 heteroatoms. The first-order valence-corrected chi connectivity index (χ1v) is 11.4. The molecule has 0 saturated carbocycles. The maximum absolute atomic E-state index is 13.5. The van der Waals surface area contributed by atoms with Gasteiger partial charge in [-0.05, 0) is 56.7 Å². The summed E-state index contributed by atoms with van der Waals surface area (Å²) in [4.78, 5) is 12.7. The number of benzene rings is 1. The summed E-state index contributed by atoms with van der Waals surface area (Å²) in [5, 5.41) is 2.64. The van der Waals surface area contributed by atoms with Crippen LogP contribution >= 0.6 is 11.6 Å². The van der Waals surface area contributed by atoms with E-state index >= 15 is 0 Å². The summed E-state index contributed by atoms with van der Waals surface area (Å²) in [6.45, 7) is 2.19. The lowest BCUT2D eigenvalue weighted by Gasteiger charge is -2.30. The predicted octanol–water partition coefficient (Wildman–Crippen LogP) is 4.03. The number of halogens is 2. The number of hydrogen-bond acceptors (Lipinski definition) is 3. The van der Waals surface area contributed by atoms with Crippen LogP contribution in [0, 0.1) is 5.82 Å². The molecule has 1 aromatic carbocycles. The van der Waals surface area contributed by atoms with Crippen LogP contribution < -0.4 is 9.62 Å². The van der Waals surface area contributed by atoms with Gasteiger partial charge in [-0.2, -0.15) is 0 Å². The van der Waals surface area contributed by atoms with E-state index in [9.17, 15) is 17.6 Å². The molecular weight excluding hydrogens is 391 g/mol.